The number of unbranched alkanes of at least 4 members (excludes halogenated alkanes) is 2. The van der Waals surface area contributed by atoms with Crippen LogP contribution in [0.2, 0.25) is 0 Å². The molecule has 1 aromatic carbocycles. The first-order valence-corrected chi connectivity index (χ1v) is 9.82. The molecule has 2 heteroatoms. The summed E-state index contributed by atoms with van der Waals surface area (Å²) in [7, 11) is 0. The minimum atomic E-state index is -0.209. The van der Waals surface area contributed by atoms with Crippen LogP contribution in [-0.2, 0) is 11.2 Å². The van der Waals surface area contributed by atoms with Crippen molar-refractivity contribution in [2.75, 3.05) is 0 Å². The summed E-state index contributed by atoms with van der Waals surface area (Å²) >= 11 is 0. The Morgan fingerprint density at radius 3 is 2.40 bits per heavy atom. The first-order chi connectivity index (χ1) is 12.2. The van der Waals surface area contributed by atoms with Gasteiger partial charge < -0.3 is 5.73 Å². The van der Waals surface area contributed by atoms with Gasteiger partial charge in [0.05, 0.1) is 0 Å². The quantitative estimate of drug-likeness (QED) is 0.436. The van der Waals surface area contributed by atoms with Crippen LogP contribution in [0.4, 0.5) is 0 Å². The molecule has 1 amide bonds. The van der Waals surface area contributed by atoms with Gasteiger partial charge >= 0.3 is 0 Å². The zero-order chi connectivity index (χ0) is 18.2. The van der Waals surface area contributed by atoms with Gasteiger partial charge in [0, 0.05) is 6.42 Å². The van der Waals surface area contributed by atoms with E-state index in [1.165, 1.54) is 50.5 Å². The maximum Gasteiger partial charge on any atom is 0.217 e. The predicted molar refractivity (Wildman–Crippen MR) is 108 cm³/mol. The molecule has 2 rings (SSSR count). The predicted octanol–water partition coefficient (Wildman–Crippen LogP) is 5.97. The molecule has 1 aliphatic rings. The van der Waals surface area contributed by atoms with Gasteiger partial charge in [-0.05, 0) is 63.4 Å². The number of benzene rings is 1. The van der Waals surface area contributed by atoms with Crippen molar-refractivity contribution in [3.05, 3.63) is 60.2 Å². The lowest BCUT2D eigenvalue weighted by Gasteiger charge is -2.01. The van der Waals surface area contributed by atoms with Crippen molar-refractivity contribution in [3.8, 4) is 0 Å². The van der Waals surface area contributed by atoms with Crippen molar-refractivity contribution < 1.29 is 4.79 Å². The molecule has 1 saturated carbocycles. The van der Waals surface area contributed by atoms with Crippen molar-refractivity contribution in [3.63, 3.8) is 0 Å². The fourth-order valence-corrected chi connectivity index (χ4v) is 3.07. The molecule has 0 radical (unpaired) electrons. The normalized spacial score (nSPS) is 14.8. The van der Waals surface area contributed by atoms with Gasteiger partial charge in [0.15, 0.2) is 0 Å². The number of amides is 1. The largest absolute Gasteiger partial charge is 0.370 e. The summed E-state index contributed by atoms with van der Waals surface area (Å²) in [5, 5.41) is 0. The van der Waals surface area contributed by atoms with Crippen molar-refractivity contribution in [2.24, 2.45) is 11.7 Å². The highest BCUT2D eigenvalue weighted by atomic mass is 16.1. The van der Waals surface area contributed by atoms with E-state index in [1.54, 1.807) is 0 Å². The fraction of sp³-hybridized carbons (Fsp3) is 0.522. The summed E-state index contributed by atoms with van der Waals surface area (Å²) in [6, 6.07) is 10.8. The van der Waals surface area contributed by atoms with Gasteiger partial charge in [-0.3, -0.25) is 4.79 Å². The molecular formula is C23H35NO. The van der Waals surface area contributed by atoms with Crippen molar-refractivity contribution in [2.45, 2.75) is 71.1 Å². The SMILES string of the molecule is C(=C\C1CCCC1)/CCCc1ccccc1.C/C=C\CCCC(N)=O. The van der Waals surface area contributed by atoms with Crippen LogP contribution in [0.25, 0.3) is 0 Å². The standard InChI is InChI=1S/C16H22.C7H13NO/c1-3-9-15(10-4-1)11-5-2-6-12-16-13-7-8-14-16;1-2-3-4-5-6-7(8)9/h1,3-4,6,9-10,12,16H,2,5,7-8,11,13-14H2;2-3H,4-6H2,1H3,(H2,8,9)/b12-6+;3-2-. The number of hydrogen-bond donors (Lipinski definition) is 1. The van der Waals surface area contributed by atoms with Crippen LogP contribution in [0.5, 0.6) is 0 Å². The third-order valence-electron chi connectivity index (χ3n) is 4.52. The van der Waals surface area contributed by atoms with E-state index in [1.807, 2.05) is 19.1 Å². The summed E-state index contributed by atoms with van der Waals surface area (Å²) < 4.78 is 0. The topological polar surface area (TPSA) is 43.1 Å². The lowest BCUT2D eigenvalue weighted by atomic mass is 10.1. The average Bonchev–Trinajstić information content (AvgIpc) is 3.13. The van der Waals surface area contributed by atoms with Gasteiger partial charge in [-0.1, -0.05) is 67.5 Å². The average molecular weight is 342 g/mol. The molecule has 1 aromatic rings. The molecule has 2 N–H and O–H groups in total. The third-order valence-corrected chi connectivity index (χ3v) is 4.52. The van der Waals surface area contributed by atoms with Crippen molar-refractivity contribution in [1.82, 2.24) is 0 Å². The van der Waals surface area contributed by atoms with E-state index in [0.717, 1.165) is 18.8 Å². The summed E-state index contributed by atoms with van der Waals surface area (Å²) in [6.07, 6.45) is 20.7. The Kier molecular flexibility index (Phi) is 12.3. The number of rotatable bonds is 9. The molecule has 0 aromatic heterocycles. The molecule has 0 saturated heterocycles. The van der Waals surface area contributed by atoms with E-state index < -0.39 is 0 Å². The Balaban J connectivity index is 0.000000299. The van der Waals surface area contributed by atoms with E-state index in [2.05, 4.69) is 42.5 Å². The van der Waals surface area contributed by atoms with Gasteiger partial charge in [-0.15, -0.1) is 0 Å². The molecule has 0 spiro atoms. The zero-order valence-corrected chi connectivity index (χ0v) is 15.8. The third kappa shape index (κ3) is 12.2. The van der Waals surface area contributed by atoms with E-state index >= 15 is 0 Å². The van der Waals surface area contributed by atoms with E-state index in [-0.39, 0.29) is 5.91 Å². The summed E-state index contributed by atoms with van der Waals surface area (Å²) in [5.41, 5.74) is 6.38. The zero-order valence-electron chi connectivity index (χ0n) is 15.8. The first-order valence-electron chi connectivity index (χ1n) is 9.82. The highest BCUT2D eigenvalue weighted by molar-refractivity contribution is 5.73. The summed E-state index contributed by atoms with van der Waals surface area (Å²) in [6.45, 7) is 1.96. The van der Waals surface area contributed by atoms with Crippen LogP contribution in [0, 0.1) is 5.92 Å². The number of nitrogens with two attached hydrogens (primary N) is 1. The second-order valence-corrected chi connectivity index (χ2v) is 6.78. The van der Waals surface area contributed by atoms with Gasteiger partial charge in [0.2, 0.25) is 5.91 Å². The maximum absolute atomic E-state index is 10.2. The van der Waals surface area contributed by atoms with Crippen molar-refractivity contribution in [1.29, 1.82) is 0 Å². The molecular weight excluding hydrogens is 306 g/mol. The first kappa shape index (κ1) is 21.2. The van der Waals surface area contributed by atoms with Gasteiger partial charge in [-0.2, -0.15) is 0 Å². The molecule has 0 heterocycles. The van der Waals surface area contributed by atoms with Gasteiger partial charge in [0.1, 0.15) is 0 Å². The van der Waals surface area contributed by atoms with Crippen LogP contribution >= 0.6 is 0 Å². The lowest BCUT2D eigenvalue weighted by molar-refractivity contribution is -0.118. The molecule has 1 aliphatic carbocycles. The van der Waals surface area contributed by atoms with Crippen LogP contribution < -0.4 is 5.73 Å². The van der Waals surface area contributed by atoms with Gasteiger partial charge in [-0.25, -0.2) is 0 Å². The number of primary amides is 1. The van der Waals surface area contributed by atoms with E-state index in [0.29, 0.717) is 6.42 Å². The lowest BCUT2D eigenvalue weighted by Crippen LogP contribution is -2.09. The van der Waals surface area contributed by atoms with Crippen LogP contribution in [0.15, 0.2) is 54.6 Å². The monoisotopic (exact) mass is 341 g/mol. The van der Waals surface area contributed by atoms with Crippen LogP contribution in [-0.4, -0.2) is 5.91 Å². The number of carbonyl (C=O) groups excluding carboxylic acids is 1. The molecule has 0 atom stereocenters. The second-order valence-electron chi connectivity index (χ2n) is 6.78. The molecule has 138 valence electrons. The molecule has 0 aliphatic heterocycles. The maximum atomic E-state index is 10.2. The number of hydrogen-bond acceptors (Lipinski definition) is 1. The summed E-state index contributed by atoms with van der Waals surface area (Å²) in [4.78, 5) is 10.2. The highest BCUT2D eigenvalue weighted by Gasteiger charge is 2.10. The van der Waals surface area contributed by atoms with Gasteiger partial charge in [0.25, 0.3) is 0 Å². The minimum absolute atomic E-state index is 0.209. The van der Waals surface area contributed by atoms with E-state index in [9.17, 15) is 4.79 Å². The Bertz CT molecular complexity index is 498. The minimum Gasteiger partial charge on any atom is -0.370 e. The molecule has 0 bridgehead atoms. The number of allylic oxidation sites excluding steroid dienone is 4. The fourth-order valence-electron chi connectivity index (χ4n) is 3.07. The van der Waals surface area contributed by atoms with Crippen LogP contribution in [0.1, 0.15) is 70.3 Å². The van der Waals surface area contributed by atoms with Crippen molar-refractivity contribution >= 4 is 5.91 Å². The highest BCUT2D eigenvalue weighted by Crippen LogP contribution is 2.25. The Morgan fingerprint density at radius 1 is 1.08 bits per heavy atom. The number of carbonyl (C=O) groups is 1. The molecule has 25 heavy (non-hydrogen) atoms. The van der Waals surface area contributed by atoms with E-state index in [4.69, 9.17) is 5.73 Å². The second kappa shape index (κ2) is 14.5. The Morgan fingerprint density at radius 2 is 1.76 bits per heavy atom. The summed E-state index contributed by atoms with van der Waals surface area (Å²) in [5.74, 6) is 0.691. The molecule has 0 unspecified atom stereocenters. The Labute approximate surface area is 154 Å². The molecule has 1 fully saturated rings. The smallest absolute Gasteiger partial charge is 0.217 e. The van der Waals surface area contributed by atoms with Crippen LogP contribution in [0.3, 0.4) is 0 Å². The molecule has 2 nitrogen and oxygen atoms in total. The number of aryl methyl sites for hydroxylation is 1. The Hall–Kier alpha value is -1.83.